The van der Waals surface area contributed by atoms with Gasteiger partial charge in [0.1, 0.15) is 18.2 Å². The maximum Gasteiger partial charge on any atom is 0.184 e. The van der Waals surface area contributed by atoms with E-state index >= 15 is 0 Å². The van der Waals surface area contributed by atoms with E-state index in [4.69, 9.17) is 4.74 Å². The maximum atomic E-state index is 10.0. The van der Waals surface area contributed by atoms with E-state index in [0.717, 1.165) is 12.3 Å². The number of hydrogen-bond donors (Lipinski definition) is 3. The van der Waals surface area contributed by atoms with Crippen molar-refractivity contribution in [2.75, 3.05) is 6.61 Å². The molecule has 1 aliphatic heterocycles. The Morgan fingerprint density at radius 3 is 2.61 bits per heavy atom. The van der Waals surface area contributed by atoms with Gasteiger partial charge in [0.2, 0.25) is 0 Å². The first-order valence-electron chi connectivity index (χ1n) is 6.89. The smallest absolute Gasteiger partial charge is 0.184 e. The van der Waals surface area contributed by atoms with Crippen LogP contribution in [0.2, 0.25) is 0 Å². The molecule has 2 aliphatic carbocycles. The molecule has 0 aromatic rings. The first-order chi connectivity index (χ1) is 8.69. The molecule has 0 aromatic heterocycles. The monoisotopic (exact) mass is 255 g/mol. The quantitative estimate of drug-likeness (QED) is 0.667. The second-order valence-electron chi connectivity index (χ2n) is 5.83. The van der Waals surface area contributed by atoms with Crippen molar-refractivity contribution in [2.45, 2.75) is 56.5 Å². The third kappa shape index (κ3) is 2.04. The molecule has 2 fully saturated rings. The molecule has 0 bridgehead atoms. The van der Waals surface area contributed by atoms with Crippen LogP contribution in [0.25, 0.3) is 0 Å². The van der Waals surface area contributed by atoms with Crippen LogP contribution in [-0.4, -0.2) is 52.2 Å². The van der Waals surface area contributed by atoms with Crippen LogP contribution in [-0.2, 0) is 4.74 Å². The van der Waals surface area contributed by atoms with Gasteiger partial charge in [0.25, 0.3) is 0 Å². The zero-order chi connectivity index (χ0) is 12.7. The van der Waals surface area contributed by atoms with Gasteiger partial charge < -0.3 is 20.1 Å². The molecule has 1 heterocycles. The number of aliphatic hydroxyl groups is 3. The first kappa shape index (κ1) is 12.4. The van der Waals surface area contributed by atoms with Crippen LogP contribution in [0.4, 0.5) is 0 Å². The first-order valence-corrected chi connectivity index (χ1v) is 6.89. The van der Waals surface area contributed by atoms with Crippen molar-refractivity contribution in [3.8, 4) is 0 Å². The second kappa shape index (κ2) is 4.79. The van der Waals surface area contributed by atoms with Gasteiger partial charge in [0.05, 0.1) is 6.10 Å². The Hall–Kier alpha value is -0.650. The fraction of sp³-hybridized carbons (Fsp3) is 0.923. The normalized spacial score (nSPS) is 43.9. The molecular formula is C13H21NO4. The molecule has 18 heavy (non-hydrogen) atoms. The average molecular weight is 255 g/mol. The van der Waals surface area contributed by atoms with Crippen LogP contribution in [0.1, 0.15) is 32.1 Å². The van der Waals surface area contributed by atoms with Crippen LogP contribution in [0.5, 0.6) is 0 Å². The van der Waals surface area contributed by atoms with Gasteiger partial charge in [-0.15, -0.1) is 0 Å². The Bertz CT molecular complexity index is 342. The lowest BCUT2D eigenvalue weighted by atomic mass is 9.80. The fourth-order valence-corrected chi connectivity index (χ4v) is 3.15. The highest BCUT2D eigenvalue weighted by Gasteiger charge is 2.47. The molecule has 3 rings (SSSR count). The van der Waals surface area contributed by atoms with Gasteiger partial charge in [-0.3, -0.25) is 0 Å². The summed E-state index contributed by atoms with van der Waals surface area (Å²) in [5.41, 5.74) is 0. The third-order valence-corrected chi connectivity index (χ3v) is 4.60. The lowest BCUT2D eigenvalue weighted by Crippen LogP contribution is -2.52. The summed E-state index contributed by atoms with van der Waals surface area (Å²) in [5, 5.41) is 29.1. The van der Waals surface area contributed by atoms with Crippen LogP contribution in [0, 0.1) is 11.8 Å². The topological polar surface area (TPSA) is 82.3 Å². The fourth-order valence-electron chi connectivity index (χ4n) is 3.15. The Morgan fingerprint density at radius 1 is 1.22 bits per heavy atom. The Balaban J connectivity index is 1.66. The van der Waals surface area contributed by atoms with E-state index in [9.17, 15) is 15.3 Å². The summed E-state index contributed by atoms with van der Waals surface area (Å²) in [6.07, 6.45) is 3.21. The van der Waals surface area contributed by atoms with Crippen molar-refractivity contribution in [3.63, 3.8) is 0 Å². The van der Waals surface area contributed by atoms with Gasteiger partial charge in [0.15, 0.2) is 5.90 Å². The molecule has 3 N–H and O–H groups in total. The molecule has 5 atom stereocenters. The van der Waals surface area contributed by atoms with Crippen molar-refractivity contribution in [2.24, 2.45) is 16.8 Å². The number of aliphatic imine (C=N–C) groups is 1. The Kier molecular flexibility index (Phi) is 3.30. The highest BCUT2D eigenvalue weighted by molar-refractivity contribution is 5.78. The molecule has 0 aromatic carbocycles. The molecule has 5 heteroatoms. The van der Waals surface area contributed by atoms with E-state index in [1.165, 1.54) is 19.3 Å². The number of rotatable bonds is 3. The van der Waals surface area contributed by atoms with Crippen molar-refractivity contribution >= 4 is 5.90 Å². The number of fused-ring (bicyclic) bond motifs is 1. The van der Waals surface area contributed by atoms with Crippen molar-refractivity contribution in [1.82, 2.24) is 0 Å². The SMILES string of the molecule is OC[C@H]1C[C@@H]2OC(CC3CCC3)=N[C@@H]2[C@@H](O)[C@@H]1O. The third-order valence-electron chi connectivity index (χ3n) is 4.60. The van der Waals surface area contributed by atoms with Gasteiger partial charge in [-0.1, -0.05) is 6.42 Å². The lowest BCUT2D eigenvalue weighted by Gasteiger charge is -2.36. The molecule has 3 aliphatic rings. The summed E-state index contributed by atoms with van der Waals surface area (Å²) in [4.78, 5) is 4.43. The molecule has 102 valence electrons. The predicted molar refractivity (Wildman–Crippen MR) is 65.3 cm³/mol. The van der Waals surface area contributed by atoms with Crippen LogP contribution in [0.3, 0.4) is 0 Å². The van der Waals surface area contributed by atoms with Gasteiger partial charge in [0, 0.05) is 18.9 Å². The van der Waals surface area contributed by atoms with E-state index in [-0.39, 0.29) is 24.7 Å². The van der Waals surface area contributed by atoms with Crippen molar-refractivity contribution in [1.29, 1.82) is 0 Å². The summed E-state index contributed by atoms with van der Waals surface area (Å²) in [7, 11) is 0. The van der Waals surface area contributed by atoms with Crippen LogP contribution >= 0.6 is 0 Å². The van der Waals surface area contributed by atoms with Gasteiger partial charge in [-0.05, 0) is 25.2 Å². The van der Waals surface area contributed by atoms with E-state index in [1.54, 1.807) is 0 Å². The van der Waals surface area contributed by atoms with E-state index in [0.29, 0.717) is 12.3 Å². The van der Waals surface area contributed by atoms with Crippen molar-refractivity contribution < 1.29 is 20.1 Å². The standard InChI is InChI=1S/C13H21NO4/c15-6-8-5-9-11(13(17)12(8)16)14-10(18-9)4-7-2-1-3-7/h7-9,11-13,15-17H,1-6H2/t8-,9+,11+,12-,13-/m1/s1. The maximum absolute atomic E-state index is 10.0. The molecule has 0 saturated heterocycles. The summed E-state index contributed by atoms with van der Waals surface area (Å²) in [6.45, 7) is -0.122. The molecule has 0 amide bonds. The molecule has 0 radical (unpaired) electrons. The molecular weight excluding hydrogens is 234 g/mol. The molecule has 0 spiro atoms. The van der Waals surface area contributed by atoms with Gasteiger partial charge in [-0.25, -0.2) is 4.99 Å². The minimum Gasteiger partial charge on any atom is -0.475 e. The van der Waals surface area contributed by atoms with E-state index < -0.39 is 12.2 Å². The zero-order valence-electron chi connectivity index (χ0n) is 10.4. The highest BCUT2D eigenvalue weighted by atomic mass is 16.5. The van der Waals surface area contributed by atoms with E-state index in [1.807, 2.05) is 0 Å². The van der Waals surface area contributed by atoms with Gasteiger partial charge >= 0.3 is 0 Å². The number of nitrogens with zero attached hydrogens (tertiary/aromatic N) is 1. The second-order valence-corrected chi connectivity index (χ2v) is 5.83. The van der Waals surface area contributed by atoms with Crippen LogP contribution in [0.15, 0.2) is 4.99 Å². The minimum absolute atomic E-state index is 0.122. The summed E-state index contributed by atoms with van der Waals surface area (Å²) in [5.74, 6) is 1.11. The zero-order valence-corrected chi connectivity index (χ0v) is 10.4. The predicted octanol–water partition coefficient (Wildman–Crippen LogP) is 0.0765. The number of ether oxygens (including phenoxy) is 1. The number of hydrogen-bond acceptors (Lipinski definition) is 5. The van der Waals surface area contributed by atoms with Crippen molar-refractivity contribution in [3.05, 3.63) is 0 Å². The average Bonchev–Trinajstić information content (AvgIpc) is 2.71. The van der Waals surface area contributed by atoms with Crippen LogP contribution < -0.4 is 0 Å². The number of aliphatic hydroxyl groups excluding tert-OH is 3. The lowest BCUT2D eigenvalue weighted by molar-refractivity contribution is -0.0948. The van der Waals surface area contributed by atoms with Gasteiger partial charge in [-0.2, -0.15) is 0 Å². The molecule has 0 unspecified atom stereocenters. The Labute approximate surface area is 106 Å². The Morgan fingerprint density at radius 2 is 2.00 bits per heavy atom. The highest BCUT2D eigenvalue weighted by Crippen LogP contribution is 2.36. The summed E-state index contributed by atoms with van der Waals surface area (Å²) in [6, 6.07) is -0.349. The molecule has 2 saturated carbocycles. The summed E-state index contributed by atoms with van der Waals surface area (Å²) >= 11 is 0. The molecule has 5 nitrogen and oxygen atoms in total. The minimum atomic E-state index is -0.917. The van der Waals surface area contributed by atoms with E-state index in [2.05, 4.69) is 4.99 Å². The largest absolute Gasteiger partial charge is 0.475 e. The summed E-state index contributed by atoms with van der Waals surface area (Å²) < 4.78 is 5.79.